The normalized spacial score (nSPS) is 19.0. The van der Waals surface area contributed by atoms with Crippen LogP contribution in [0.5, 0.6) is 0 Å². The summed E-state index contributed by atoms with van der Waals surface area (Å²) in [6.07, 6.45) is 3.64. The van der Waals surface area contributed by atoms with Crippen molar-refractivity contribution in [3.05, 3.63) is 54.2 Å². The van der Waals surface area contributed by atoms with Crippen LogP contribution in [0.2, 0.25) is 0 Å². The third kappa shape index (κ3) is 6.47. The molecule has 1 aromatic heterocycles. The average molecular weight is 466 g/mol. The summed E-state index contributed by atoms with van der Waals surface area (Å²) in [5.41, 5.74) is 1.73. The van der Waals surface area contributed by atoms with E-state index in [1.807, 2.05) is 12.1 Å². The number of aromatic nitrogens is 1. The molecular formula is C26H35N5O3. The Hall–Kier alpha value is -3.13. The molecule has 0 radical (unpaired) electrons. The van der Waals surface area contributed by atoms with Crippen LogP contribution in [0.15, 0.2) is 48.7 Å². The number of carbonyl (C=O) groups is 2. The maximum Gasteiger partial charge on any atom is 0.339 e. The van der Waals surface area contributed by atoms with Gasteiger partial charge in [-0.1, -0.05) is 18.2 Å². The Balaban J connectivity index is 1.19. The maximum atomic E-state index is 12.6. The van der Waals surface area contributed by atoms with Crippen molar-refractivity contribution in [3.63, 3.8) is 0 Å². The van der Waals surface area contributed by atoms with Crippen LogP contribution < -0.4 is 15.1 Å². The Morgan fingerprint density at radius 1 is 1.03 bits per heavy atom. The van der Waals surface area contributed by atoms with Crippen molar-refractivity contribution in [1.82, 2.24) is 15.2 Å². The second kappa shape index (κ2) is 11.8. The predicted octanol–water partition coefficient (Wildman–Crippen LogP) is 2.41. The fourth-order valence-corrected chi connectivity index (χ4v) is 4.66. The maximum absolute atomic E-state index is 12.6. The molecule has 1 amide bonds. The lowest BCUT2D eigenvalue weighted by Gasteiger charge is -2.23. The fraction of sp³-hybridized carbons (Fsp3) is 0.500. The first-order valence-electron chi connectivity index (χ1n) is 12.3. The van der Waals surface area contributed by atoms with Crippen LogP contribution in [0.1, 0.15) is 30.1 Å². The summed E-state index contributed by atoms with van der Waals surface area (Å²) in [6.45, 7) is 8.70. The summed E-state index contributed by atoms with van der Waals surface area (Å²) >= 11 is 0. The van der Waals surface area contributed by atoms with Gasteiger partial charge < -0.3 is 19.9 Å². The third-order valence-corrected chi connectivity index (χ3v) is 6.53. The molecule has 2 aliphatic rings. The van der Waals surface area contributed by atoms with E-state index >= 15 is 0 Å². The summed E-state index contributed by atoms with van der Waals surface area (Å²) in [5, 5.41) is 3.16. The van der Waals surface area contributed by atoms with Gasteiger partial charge in [-0.3, -0.25) is 9.69 Å². The first-order chi connectivity index (χ1) is 16.6. The zero-order chi connectivity index (χ0) is 23.8. The van der Waals surface area contributed by atoms with Crippen LogP contribution >= 0.6 is 0 Å². The molecule has 0 spiro atoms. The van der Waals surface area contributed by atoms with Gasteiger partial charge in [0.05, 0.1) is 18.7 Å². The number of ether oxygens (including phenoxy) is 1. The first-order valence-corrected chi connectivity index (χ1v) is 12.3. The molecule has 182 valence electrons. The van der Waals surface area contributed by atoms with Crippen LogP contribution in [0, 0.1) is 5.92 Å². The van der Waals surface area contributed by atoms with E-state index in [1.165, 1.54) is 5.69 Å². The van der Waals surface area contributed by atoms with Gasteiger partial charge in [-0.15, -0.1) is 0 Å². The molecule has 0 saturated carbocycles. The molecule has 1 aromatic carbocycles. The average Bonchev–Trinajstić information content (AvgIpc) is 3.23. The Labute approximate surface area is 201 Å². The van der Waals surface area contributed by atoms with E-state index < -0.39 is 0 Å². The van der Waals surface area contributed by atoms with Crippen molar-refractivity contribution in [2.24, 2.45) is 5.92 Å². The zero-order valence-electron chi connectivity index (χ0n) is 20.0. The summed E-state index contributed by atoms with van der Waals surface area (Å²) < 4.78 is 5.02. The van der Waals surface area contributed by atoms with Gasteiger partial charge in [-0.05, 0) is 49.9 Å². The lowest BCUT2D eigenvalue weighted by molar-refractivity contribution is -0.122. The molecule has 0 aliphatic carbocycles. The highest BCUT2D eigenvalue weighted by atomic mass is 16.5. The molecule has 8 nitrogen and oxygen atoms in total. The standard InChI is InChI=1S/C26H35N5O3/c1-2-34-26(33)22-9-10-24(27-18-22)30-13-6-12-29(15-16-30)20-25(32)28-17-21-11-14-31(19-21)23-7-4-3-5-8-23/h3-5,7-10,18,21H,2,6,11-17,19-20H2,1H3,(H,28,32). The summed E-state index contributed by atoms with van der Waals surface area (Å²) in [7, 11) is 0. The van der Waals surface area contributed by atoms with Crippen LogP contribution in [-0.2, 0) is 9.53 Å². The van der Waals surface area contributed by atoms with E-state index in [9.17, 15) is 9.59 Å². The van der Waals surface area contributed by atoms with Crippen molar-refractivity contribution < 1.29 is 14.3 Å². The molecule has 2 saturated heterocycles. The van der Waals surface area contributed by atoms with Gasteiger partial charge >= 0.3 is 5.97 Å². The van der Waals surface area contributed by atoms with Crippen LogP contribution in [-0.4, -0.2) is 80.7 Å². The van der Waals surface area contributed by atoms with Crippen molar-refractivity contribution in [2.75, 3.05) is 68.8 Å². The molecule has 3 heterocycles. The number of nitrogens with zero attached hydrogens (tertiary/aromatic N) is 4. The second-order valence-electron chi connectivity index (χ2n) is 8.98. The minimum atomic E-state index is -0.347. The number of hydrogen-bond acceptors (Lipinski definition) is 7. The molecule has 2 aliphatic heterocycles. The third-order valence-electron chi connectivity index (χ3n) is 6.53. The molecule has 1 atom stereocenters. The van der Waals surface area contributed by atoms with Crippen molar-refractivity contribution in [2.45, 2.75) is 19.8 Å². The van der Waals surface area contributed by atoms with Gasteiger partial charge in [-0.2, -0.15) is 0 Å². The Bertz CT molecular complexity index is 937. The van der Waals surface area contributed by atoms with E-state index in [2.05, 4.69) is 49.3 Å². The highest BCUT2D eigenvalue weighted by Gasteiger charge is 2.24. The molecule has 4 rings (SSSR count). The van der Waals surface area contributed by atoms with E-state index in [0.29, 0.717) is 24.6 Å². The first kappa shape index (κ1) is 24.0. The van der Waals surface area contributed by atoms with Gasteiger partial charge in [0, 0.05) is 57.7 Å². The second-order valence-corrected chi connectivity index (χ2v) is 8.98. The number of rotatable bonds is 8. The molecule has 2 fully saturated rings. The minimum absolute atomic E-state index is 0.100. The molecule has 1 unspecified atom stereocenters. The molecular weight excluding hydrogens is 430 g/mol. The zero-order valence-corrected chi connectivity index (χ0v) is 20.0. The summed E-state index contributed by atoms with van der Waals surface area (Å²) in [5.74, 6) is 1.10. The number of benzene rings is 1. The Morgan fingerprint density at radius 2 is 1.88 bits per heavy atom. The SMILES string of the molecule is CCOC(=O)c1ccc(N2CCCN(CC(=O)NCC3CCN(c4ccccc4)C3)CC2)nc1. The minimum Gasteiger partial charge on any atom is -0.462 e. The monoisotopic (exact) mass is 465 g/mol. The number of carbonyl (C=O) groups excluding carboxylic acids is 2. The van der Waals surface area contributed by atoms with E-state index in [4.69, 9.17) is 4.74 Å². The largest absolute Gasteiger partial charge is 0.462 e. The van der Waals surface area contributed by atoms with Crippen LogP contribution in [0.3, 0.4) is 0 Å². The summed E-state index contributed by atoms with van der Waals surface area (Å²) in [4.78, 5) is 35.7. The van der Waals surface area contributed by atoms with E-state index in [-0.39, 0.29) is 11.9 Å². The van der Waals surface area contributed by atoms with Crippen LogP contribution in [0.25, 0.3) is 0 Å². The highest BCUT2D eigenvalue weighted by Crippen LogP contribution is 2.23. The number of esters is 1. The van der Waals surface area contributed by atoms with Crippen LogP contribution in [0.4, 0.5) is 11.5 Å². The Morgan fingerprint density at radius 3 is 2.65 bits per heavy atom. The fourth-order valence-electron chi connectivity index (χ4n) is 4.66. The lowest BCUT2D eigenvalue weighted by Crippen LogP contribution is -2.41. The van der Waals surface area contributed by atoms with Crippen molar-refractivity contribution >= 4 is 23.4 Å². The topological polar surface area (TPSA) is 78.0 Å². The number of para-hydroxylation sites is 1. The molecule has 2 aromatic rings. The smallest absolute Gasteiger partial charge is 0.339 e. The summed E-state index contributed by atoms with van der Waals surface area (Å²) in [6, 6.07) is 14.1. The molecule has 1 N–H and O–H groups in total. The van der Waals surface area contributed by atoms with E-state index in [0.717, 1.165) is 64.5 Å². The molecule has 8 heteroatoms. The quantitative estimate of drug-likeness (QED) is 0.600. The molecule has 0 bridgehead atoms. The highest BCUT2D eigenvalue weighted by molar-refractivity contribution is 5.89. The number of nitrogens with one attached hydrogen (secondary N) is 1. The molecule has 34 heavy (non-hydrogen) atoms. The number of anilines is 2. The Kier molecular flexibility index (Phi) is 8.36. The van der Waals surface area contributed by atoms with Gasteiger partial charge in [0.25, 0.3) is 0 Å². The van der Waals surface area contributed by atoms with Crippen molar-refractivity contribution in [3.8, 4) is 0 Å². The van der Waals surface area contributed by atoms with Gasteiger partial charge in [-0.25, -0.2) is 9.78 Å². The lowest BCUT2D eigenvalue weighted by atomic mass is 10.1. The van der Waals surface area contributed by atoms with Gasteiger partial charge in [0.2, 0.25) is 5.91 Å². The van der Waals surface area contributed by atoms with E-state index in [1.54, 1.807) is 19.2 Å². The number of amides is 1. The number of hydrogen-bond donors (Lipinski definition) is 1. The number of pyridine rings is 1. The van der Waals surface area contributed by atoms with Crippen molar-refractivity contribution in [1.29, 1.82) is 0 Å². The van der Waals surface area contributed by atoms with Gasteiger partial charge in [0.1, 0.15) is 5.82 Å². The van der Waals surface area contributed by atoms with Gasteiger partial charge in [0.15, 0.2) is 0 Å². The predicted molar refractivity (Wildman–Crippen MR) is 133 cm³/mol.